The maximum Gasteiger partial charge on any atom is 0.253 e. The monoisotopic (exact) mass is 284 g/mol. The first kappa shape index (κ1) is 15.0. The second kappa shape index (κ2) is 6.83. The van der Waals surface area contributed by atoms with Crippen molar-refractivity contribution in [3.8, 4) is 0 Å². The summed E-state index contributed by atoms with van der Waals surface area (Å²) >= 11 is 0. The summed E-state index contributed by atoms with van der Waals surface area (Å²) in [5.41, 5.74) is 1.77. The van der Waals surface area contributed by atoms with Gasteiger partial charge >= 0.3 is 0 Å². The van der Waals surface area contributed by atoms with E-state index in [0.717, 1.165) is 5.56 Å². The molecule has 0 saturated heterocycles. The Bertz CT molecular complexity index is 589. The molecule has 21 heavy (non-hydrogen) atoms. The minimum Gasteiger partial charge on any atom is -0.339 e. The molecule has 5 nitrogen and oxygen atoms in total. The summed E-state index contributed by atoms with van der Waals surface area (Å²) in [5, 5.41) is 11.3. The molecule has 2 rings (SSSR count). The molecule has 110 valence electrons. The summed E-state index contributed by atoms with van der Waals surface area (Å²) in [6, 6.07) is 9.49. The first-order chi connectivity index (χ1) is 10.1. The first-order valence-electron chi connectivity index (χ1n) is 6.94. The topological polar surface area (TPSA) is 62.0 Å². The van der Waals surface area contributed by atoms with Crippen LogP contribution in [0.3, 0.4) is 0 Å². The van der Waals surface area contributed by atoms with E-state index in [4.69, 9.17) is 5.41 Å². The number of carbonyl (C=O) groups is 1. The van der Waals surface area contributed by atoms with Crippen LogP contribution in [-0.4, -0.2) is 39.9 Å². The van der Waals surface area contributed by atoms with Crippen LogP contribution in [0.5, 0.6) is 0 Å². The fraction of sp³-hybridized carbons (Fsp3) is 0.312. The van der Waals surface area contributed by atoms with Gasteiger partial charge in [0.2, 0.25) is 0 Å². The third kappa shape index (κ3) is 3.78. The number of hydrogen-bond donors (Lipinski definition) is 1. The van der Waals surface area contributed by atoms with Crippen molar-refractivity contribution >= 4 is 12.1 Å². The molecule has 1 N–H and O–H groups in total. The zero-order valence-corrected chi connectivity index (χ0v) is 12.4. The Hall–Kier alpha value is -2.43. The SMILES string of the molecule is C[C@H](CC=N)N(C)C(=O)c1ccc(Cn2cccn2)cc1. The number of hydrogen-bond acceptors (Lipinski definition) is 3. The molecule has 1 amide bonds. The Morgan fingerprint density at radius 2 is 2.14 bits per heavy atom. The number of nitrogens with one attached hydrogen (secondary N) is 1. The Balaban J connectivity index is 2.04. The van der Waals surface area contributed by atoms with Crippen molar-refractivity contribution in [2.75, 3.05) is 7.05 Å². The highest BCUT2D eigenvalue weighted by Gasteiger charge is 2.16. The third-order valence-electron chi connectivity index (χ3n) is 3.55. The Morgan fingerprint density at radius 1 is 1.43 bits per heavy atom. The molecule has 0 fully saturated rings. The lowest BCUT2D eigenvalue weighted by atomic mass is 10.1. The predicted molar refractivity (Wildman–Crippen MR) is 82.7 cm³/mol. The molecule has 5 heteroatoms. The number of benzene rings is 1. The zero-order chi connectivity index (χ0) is 15.2. The highest BCUT2D eigenvalue weighted by molar-refractivity contribution is 5.94. The smallest absolute Gasteiger partial charge is 0.253 e. The molecule has 1 atom stereocenters. The summed E-state index contributed by atoms with van der Waals surface area (Å²) in [4.78, 5) is 14.0. The van der Waals surface area contributed by atoms with Crippen molar-refractivity contribution in [2.45, 2.75) is 25.9 Å². The van der Waals surface area contributed by atoms with E-state index in [0.29, 0.717) is 18.5 Å². The standard InChI is InChI=1S/C16H20N4O/c1-13(8-9-17)19(2)16(21)15-6-4-14(5-7-15)12-20-11-3-10-18-20/h3-7,9-11,13,17H,8,12H2,1-2H3/t13-/m1/s1. The normalized spacial score (nSPS) is 11.9. The van der Waals surface area contributed by atoms with Gasteiger partial charge in [-0.3, -0.25) is 9.48 Å². The first-order valence-corrected chi connectivity index (χ1v) is 6.94. The van der Waals surface area contributed by atoms with E-state index < -0.39 is 0 Å². The summed E-state index contributed by atoms with van der Waals surface area (Å²) in [6.45, 7) is 2.64. The average molecular weight is 284 g/mol. The molecule has 1 aromatic carbocycles. The molecule has 2 aromatic rings. The highest BCUT2D eigenvalue weighted by atomic mass is 16.2. The van der Waals surface area contributed by atoms with Crippen molar-refractivity contribution in [3.05, 3.63) is 53.9 Å². The quantitative estimate of drug-likeness (QED) is 0.828. The van der Waals surface area contributed by atoms with Crippen LogP contribution >= 0.6 is 0 Å². The van der Waals surface area contributed by atoms with Gasteiger partial charge in [-0.25, -0.2) is 0 Å². The van der Waals surface area contributed by atoms with E-state index in [1.807, 2.05) is 48.1 Å². The van der Waals surface area contributed by atoms with Crippen molar-refractivity contribution in [1.29, 1.82) is 5.41 Å². The maximum atomic E-state index is 12.3. The second-order valence-corrected chi connectivity index (χ2v) is 5.11. The van der Waals surface area contributed by atoms with Crippen LogP contribution in [0.15, 0.2) is 42.7 Å². The van der Waals surface area contributed by atoms with E-state index in [2.05, 4.69) is 5.10 Å². The zero-order valence-electron chi connectivity index (χ0n) is 12.4. The van der Waals surface area contributed by atoms with E-state index in [1.54, 1.807) is 18.1 Å². The molecule has 0 saturated carbocycles. The predicted octanol–water partition coefficient (Wildman–Crippen LogP) is 2.43. The summed E-state index contributed by atoms with van der Waals surface area (Å²) < 4.78 is 1.84. The molecule has 1 heterocycles. The largest absolute Gasteiger partial charge is 0.339 e. The Kier molecular flexibility index (Phi) is 4.87. The Labute approximate surface area is 124 Å². The average Bonchev–Trinajstić information content (AvgIpc) is 3.00. The van der Waals surface area contributed by atoms with Gasteiger partial charge in [0.15, 0.2) is 0 Å². The van der Waals surface area contributed by atoms with E-state index in [1.165, 1.54) is 6.21 Å². The molecule has 0 aliphatic heterocycles. The van der Waals surface area contributed by atoms with Gasteiger partial charge in [0, 0.05) is 37.5 Å². The molecular weight excluding hydrogens is 264 g/mol. The van der Waals surface area contributed by atoms with Gasteiger partial charge in [0.25, 0.3) is 5.91 Å². The van der Waals surface area contributed by atoms with E-state index in [9.17, 15) is 4.79 Å². The van der Waals surface area contributed by atoms with Crippen molar-refractivity contribution in [2.24, 2.45) is 0 Å². The lowest BCUT2D eigenvalue weighted by Gasteiger charge is -2.23. The van der Waals surface area contributed by atoms with Crippen LogP contribution < -0.4 is 0 Å². The molecule has 0 unspecified atom stereocenters. The minimum absolute atomic E-state index is 0.0185. The van der Waals surface area contributed by atoms with E-state index in [-0.39, 0.29) is 11.9 Å². The Morgan fingerprint density at radius 3 is 2.71 bits per heavy atom. The van der Waals surface area contributed by atoms with Crippen LogP contribution in [0.1, 0.15) is 29.3 Å². The number of nitrogens with zero attached hydrogens (tertiary/aromatic N) is 3. The molecule has 0 spiro atoms. The van der Waals surface area contributed by atoms with Gasteiger partial charge in [-0.05, 0) is 36.9 Å². The van der Waals surface area contributed by atoms with Gasteiger partial charge in [-0.15, -0.1) is 0 Å². The van der Waals surface area contributed by atoms with Gasteiger partial charge in [-0.2, -0.15) is 5.10 Å². The van der Waals surface area contributed by atoms with Gasteiger partial charge < -0.3 is 10.3 Å². The lowest BCUT2D eigenvalue weighted by Crippen LogP contribution is -2.35. The van der Waals surface area contributed by atoms with Gasteiger partial charge in [0.1, 0.15) is 0 Å². The number of rotatable bonds is 6. The van der Waals surface area contributed by atoms with Crippen LogP contribution in [0, 0.1) is 5.41 Å². The van der Waals surface area contributed by atoms with E-state index >= 15 is 0 Å². The van der Waals surface area contributed by atoms with Crippen molar-refractivity contribution in [1.82, 2.24) is 14.7 Å². The van der Waals surface area contributed by atoms with Crippen molar-refractivity contribution in [3.63, 3.8) is 0 Å². The molecule has 0 radical (unpaired) electrons. The molecule has 1 aromatic heterocycles. The third-order valence-corrected chi connectivity index (χ3v) is 3.55. The van der Waals surface area contributed by atoms with Crippen LogP contribution in [0.25, 0.3) is 0 Å². The van der Waals surface area contributed by atoms with Crippen molar-refractivity contribution < 1.29 is 4.79 Å². The second-order valence-electron chi connectivity index (χ2n) is 5.11. The number of carbonyl (C=O) groups excluding carboxylic acids is 1. The molecular formula is C16H20N4O. The van der Waals surface area contributed by atoms with Gasteiger partial charge in [0.05, 0.1) is 6.54 Å². The molecule has 0 aliphatic rings. The highest BCUT2D eigenvalue weighted by Crippen LogP contribution is 2.11. The molecule has 0 aliphatic carbocycles. The summed E-state index contributed by atoms with van der Waals surface area (Å²) in [5.74, 6) is -0.0185. The number of aromatic nitrogens is 2. The number of amides is 1. The van der Waals surface area contributed by atoms with Crippen LogP contribution in [0.2, 0.25) is 0 Å². The lowest BCUT2D eigenvalue weighted by molar-refractivity contribution is 0.0748. The molecule has 0 bridgehead atoms. The van der Waals surface area contributed by atoms with Gasteiger partial charge in [-0.1, -0.05) is 12.1 Å². The summed E-state index contributed by atoms with van der Waals surface area (Å²) in [6.07, 6.45) is 5.56. The minimum atomic E-state index is -0.0185. The van der Waals surface area contributed by atoms with Crippen LogP contribution in [0.4, 0.5) is 0 Å². The van der Waals surface area contributed by atoms with Crippen LogP contribution in [-0.2, 0) is 6.54 Å². The maximum absolute atomic E-state index is 12.3. The fourth-order valence-electron chi connectivity index (χ4n) is 2.07. The summed E-state index contributed by atoms with van der Waals surface area (Å²) in [7, 11) is 1.77. The fourth-order valence-corrected chi connectivity index (χ4v) is 2.07.